The lowest BCUT2D eigenvalue weighted by atomic mass is 10.1. The minimum Gasteiger partial charge on any atom is -0.398 e. The van der Waals surface area contributed by atoms with Crippen LogP contribution in [0.5, 0.6) is 0 Å². The molecule has 0 saturated heterocycles. The Morgan fingerprint density at radius 2 is 1.70 bits per heavy atom. The third kappa shape index (κ3) is 6.91. The average Bonchev–Trinajstić information content (AvgIpc) is 2.40. The molecular weight excluding hydrogens is 272 g/mol. The minimum absolute atomic E-state index is 0.0461. The second-order valence-corrected chi connectivity index (χ2v) is 6.93. The van der Waals surface area contributed by atoms with Crippen molar-refractivity contribution in [3.63, 3.8) is 0 Å². The molecule has 0 aliphatic heterocycles. The van der Waals surface area contributed by atoms with Crippen LogP contribution in [0.15, 0.2) is 24.3 Å². The second-order valence-electron chi connectivity index (χ2n) is 5.12. The summed E-state index contributed by atoms with van der Waals surface area (Å²) in [6.07, 6.45) is 6.89. The first-order valence-corrected chi connectivity index (χ1v) is 9.01. The van der Waals surface area contributed by atoms with E-state index in [0.29, 0.717) is 17.8 Å². The van der Waals surface area contributed by atoms with Crippen LogP contribution in [0, 0.1) is 0 Å². The zero-order valence-electron chi connectivity index (χ0n) is 12.3. The summed E-state index contributed by atoms with van der Waals surface area (Å²) in [5.74, 6) is -0.0461. The van der Waals surface area contributed by atoms with Crippen molar-refractivity contribution in [2.75, 3.05) is 12.3 Å². The number of unbranched alkanes of at least 4 members (excludes halogenated alkanes) is 5. The van der Waals surface area contributed by atoms with E-state index in [2.05, 4.69) is 11.6 Å². The van der Waals surface area contributed by atoms with Gasteiger partial charge in [-0.05, 0) is 18.1 Å². The largest absolute Gasteiger partial charge is 0.398 e. The van der Waals surface area contributed by atoms with E-state index in [0.717, 1.165) is 12.8 Å². The second kappa shape index (κ2) is 8.97. The summed E-state index contributed by atoms with van der Waals surface area (Å²) in [4.78, 5) is 0. The highest BCUT2D eigenvalue weighted by Gasteiger charge is 2.12. The molecule has 0 atom stereocenters. The predicted molar refractivity (Wildman–Crippen MR) is 84.9 cm³/mol. The maximum Gasteiger partial charge on any atom is 0.215 e. The molecule has 0 aliphatic carbocycles. The maximum absolute atomic E-state index is 11.9. The summed E-state index contributed by atoms with van der Waals surface area (Å²) in [6.45, 7) is 2.70. The van der Waals surface area contributed by atoms with Crippen molar-refractivity contribution in [3.05, 3.63) is 29.8 Å². The molecule has 0 spiro atoms. The highest BCUT2D eigenvalue weighted by atomic mass is 32.2. The van der Waals surface area contributed by atoms with Crippen molar-refractivity contribution in [2.45, 2.75) is 51.2 Å². The minimum atomic E-state index is -3.28. The molecule has 3 N–H and O–H groups in total. The SMILES string of the molecule is CCCCCCCCNS(=O)(=O)Cc1ccccc1N. The van der Waals surface area contributed by atoms with Crippen LogP contribution in [0.3, 0.4) is 0 Å². The number of hydrogen-bond acceptors (Lipinski definition) is 3. The summed E-state index contributed by atoms with van der Waals surface area (Å²) in [5.41, 5.74) is 6.94. The number of nitrogen functional groups attached to an aromatic ring is 1. The Balaban J connectivity index is 2.27. The summed E-state index contributed by atoms with van der Waals surface area (Å²) < 4.78 is 26.5. The van der Waals surface area contributed by atoms with E-state index in [-0.39, 0.29) is 5.75 Å². The van der Waals surface area contributed by atoms with Gasteiger partial charge >= 0.3 is 0 Å². The van der Waals surface area contributed by atoms with Crippen molar-refractivity contribution < 1.29 is 8.42 Å². The van der Waals surface area contributed by atoms with Crippen LogP contribution in [0.25, 0.3) is 0 Å². The Morgan fingerprint density at radius 1 is 1.05 bits per heavy atom. The molecule has 0 heterocycles. The highest BCUT2D eigenvalue weighted by molar-refractivity contribution is 7.88. The lowest BCUT2D eigenvalue weighted by Crippen LogP contribution is -2.26. The van der Waals surface area contributed by atoms with Crippen LogP contribution in [0.1, 0.15) is 51.0 Å². The molecule has 0 unspecified atom stereocenters. The van der Waals surface area contributed by atoms with E-state index >= 15 is 0 Å². The molecule has 0 saturated carbocycles. The fraction of sp³-hybridized carbons (Fsp3) is 0.600. The molecule has 1 rings (SSSR count). The number of benzene rings is 1. The van der Waals surface area contributed by atoms with E-state index in [1.807, 2.05) is 0 Å². The number of hydrogen-bond donors (Lipinski definition) is 2. The number of para-hydroxylation sites is 1. The van der Waals surface area contributed by atoms with E-state index in [9.17, 15) is 8.42 Å². The maximum atomic E-state index is 11.9. The first kappa shape index (κ1) is 17.0. The molecule has 1 aromatic carbocycles. The van der Waals surface area contributed by atoms with Crippen molar-refractivity contribution in [3.8, 4) is 0 Å². The van der Waals surface area contributed by atoms with Crippen molar-refractivity contribution in [1.29, 1.82) is 0 Å². The molecule has 0 bridgehead atoms. The van der Waals surface area contributed by atoms with Gasteiger partial charge in [0, 0.05) is 12.2 Å². The molecule has 4 nitrogen and oxygen atoms in total. The number of sulfonamides is 1. The van der Waals surface area contributed by atoms with Gasteiger partial charge in [0.1, 0.15) is 0 Å². The van der Waals surface area contributed by atoms with Gasteiger partial charge in [0.05, 0.1) is 5.75 Å². The van der Waals surface area contributed by atoms with E-state index < -0.39 is 10.0 Å². The highest BCUT2D eigenvalue weighted by Crippen LogP contribution is 2.13. The lowest BCUT2D eigenvalue weighted by molar-refractivity contribution is 0.567. The van der Waals surface area contributed by atoms with Gasteiger partial charge in [0.25, 0.3) is 0 Å². The van der Waals surface area contributed by atoms with Crippen molar-refractivity contribution in [2.24, 2.45) is 0 Å². The van der Waals surface area contributed by atoms with Gasteiger partial charge in [-0.1, -0.05) is 57.2 Å². The lowest BCUT2D eigenvalue weighted by Gasteiger charge is -2.08. The van der Waals surface area contributed by atoms with Crippen LogP contribution in [0.2, 0.25) is 0 Å². The molecule has 0 aromatic heterocycles. The third-order valence-electron chi connectivity index (χ3n) is 3.25. The summed E-state index contributed by atoms with van der Waals surface area (Å²) in [7, 11) is -3.28. The van der Waals surface area contributed by atoms with Crippen LogP contribution in [-0.4, -0.2) is 15.0 Å². The molecule has 20 heavy (non-hydrogen) atoms. The van der Waals surface area contributed by atoms with Crippen LogP contribution >= 0.6 is 0 Å². The smallest absolute Gasteiger partial charge is 0.215 e. The number of nitrogens with two attached hydrogens (primary N) is 1. The Hall–Kier alpha value is -1.07. The van der Waals surface area contributed by atoms with Gasteiger partial charge in [0.2, 0.25) is 10.0 Å². The number of rotatable bonds is 10. The van der Waals surface area contributed by atoms with E-state index in [1.165, 1.54) is 25.7 Å². The monoisotopic (exact) mass is 298 g/mol. The predicted octanol–water partition coefficient (Wildman–Crippen LogP) is 3.05. The van der Waals surface area contributed by atoms with Gasteiger partial charge in [-0.3, -0.25) is 0 Å². The Kier molecular flexibility index (Phi) is 7.62. The average molecular weight is 298 g/mol. The summed E-state index contributed by atoms with van der Waals surface area (Å²) >= 11 is 0. The van der Waals surface area contributed by atoms with Crippen molar-refractivity contribution >= 4 is 15.7 Å². The fourth-order valence-corrected chi connectivity index (χ4v) is 3.28. The van der Waals surface area contributed by atoms with Gasteiger partial charge < -0.3 is 5.73 Å². The van der Waals surface area contributed by atoms with Crippen LogP contribution < -0.4 is 10.5 Å². The van der Waals surface area contributed by atoms with E-state index in [4.69, 9.17) is 5.73 Å². The van der Waals surface area contributed by atoms with Crippen LogP contribution in [-0.2, 0) is 15.8 Å². The van der Waals surface area contributed by atoms with E-state index in [1.54, 1.807) is 24.3 Å². The van der Waals surface area contributed by atoms with Crippen LogP contribution in [0.4, 0.5) is 5.69 Å². The van der Waals surface area contributed by atoms with Gasteiger partial charge in [-0.15, -0.1) is 0 Å². The molecule has 1 aromatic rings. The number of nitrogens with one attached hydrogen (secondary N) is 1. The quantitative estimate of drug-likeness (QED) is 0.515. The molecule has 114 valence electrons. The molecule has 5 heteroatoms. The van der Waals surface area contributed by atoms with Gasteiger partial charge in [-0.25, -0.2) is 13.1 Å². The normalized spacial score (nSPS) is 11.7. The summed E-state index contributed by atoms with van der Waals surface area (Å²) in [6, 6.07) is 7.07. The summed E-state index contributed by atoms with van der Waals surface area (Å²) in [5, 5.41) is 0. The molecule has 0 amide bonds. The first-order chi connectivity index (χ1) is 9.55. The Morgan fingerprint density at radius 3 is 2.40 bits per heavy atom. The van der Waals surface area contributed by atoms with Gasteiger partial charge in [0.15, 0.2) is 0 Å². The molecule has 0 fully saturated rings. The molecule has 0 aliphatic rings. The Labute approximate surface area is 122 Å². The topological polar surface area (TPSA) is 72.2 Å². The Bertz CT molecular complexity index is 486. The molecular formula is C15H26N2O2S. The number of anilines is 1. The van der Waals surface area contributed by atoms with Crippen molar-refractivity contribution in [1.82, 2.24) is 4.72 Å². The fourth-order valence-electron chi connectivity index (χ4n) is 2.05. The molecule has 0 radical (unpaired) electrons. The van der Waals surface area contributed by atoms with Gasteiger partial charge in [-0.2, -0.15) is 0 Å². The standard InChI is InChI=1S/C15H26N2O2S/c1-2-3-4-5-6-9-12-17-20(18,19)13-14-10-7-8-11-15(14)16/h7-8,10-11,17H,2-6,9,12-13,16H2,1H3. The zero-order chi connectivity index (χ0) is 14.8. The zero-order valence-corrected chi connectivity index (χ0v) is 13.1. The first-order valence-electron chi connectivity index (χ1n) is 7.36. The third-order valence-corrected chi connectivity index (χ3v) is 4.59.